The van der Waals surface area contributed by atoms with Crippen LogP contribution in [0.25, 0.3) is 0 Å². The molecular formula is C20H16FN3O3S2. The Morgan fingerprint density at radius 3 is 2.45 bits per heavy atom. The molecule has 0 atom stereocenters. The molecule has 0 bridgehead atoms. The average molecular weight is 429 g/mol. The highest BCUT2D eigenvalue weighted by atomic mass is 32.2. The van der Waals surface area contributed by atoms with E-state index in [0.29, 0.717) is 5.69 Å². The summed E-state index contributed by atoms with van der Waals surface area (Å²) in [5, 5.41) is 12.9. The van der Waals surface area contributed by atoms with E-state index in [-0.39, 0.29) is 16.3 Å². The first-order valence-electron chi connectivity index (χ1n) is 8.48. The van der Waals surface area contributed by atoms with Gasteiger partial charge in [0.1, 0.15) is 16.6 Å². The molecule has 0 saturated heterocycles. The zero-order valence-corrected chi connectivity index (χ0v) is 16.7. The largest absolute Gasteiger partial charge is 0.325 e. The highest BCUT2D eigenvalue weighted by Gasteiger charge is 2.29. The number of sulfonamides is 1. The van der Waals surface area contributed by atoms with Crippen LogP contribution in [0.3, 0.4) is 0 Å². The molecule has 6 nitrogen and oxygen atoms in total. The number of nitrogens with zero attached hydrogens (tertiary/aromatic N) is 2. The van der Waals surface area contributed by atoms with E-state index in [2.05, 4.69) is 5.32 Å². The molecule has 0 aliphatic rings. The summed E-state index contributed by atoms with van der Waals surface area (Å²) >= 11 is 0.986. The number of thiophene rings is 1. The fraction of sp³-hybridized carbons (Fsp3) is 0.100. The Morgan fingerprint density at radius 2 is 1.83 bits per heavy atom. The average Bonchev–Trinajstić information content (AvgIpc) is 3.24. The van der Waals surface area contributed by atoms with Crippen molar-refractivity contribution in [2.24, 2.45) is 0 Å². The molecule has 0 unspecified atom stereocenters. The minimum absolute atomic E-state index is 0.00871. The molecule has 1 heterocycles. The Bertz CT molecular complexity index is 1140. The summed E-state index contributed by atoms with van der Waals surface area (Å²) in [6.07, 6.45) is 0.244. The lowest BCUT2D eigenvalue weighted by atomic mass is 10.1. The first kappa shape index (κ1) is 20.5. The second kappa shape index (κ2) is 8.86. The van der Waals surface area contributed by atoms with Crippen molar-refractivity contribution in [2.75, 3.05) is 16.2 Å². The molecule has 1 amide bonds. The van der Waals surface area contributed by atoms with Crippen molar-refractivity contribution in [1.82, 2.24) is 0 Å². The number of halogens is 1. The van der Waals surface area contributed by atoms with E-state index in [1.54, 1.807) is 35.7 Å². The SMILES string of the molecule is N#CCc1ccc(NC(=O)CN(c2ccccc2F)S(=O)(=O)c2cccs2)cc1. The van der Waals surface area contributed by atoms with Crippen LogP contribution in [0.1, 0.15) is 5.56 Å². The maximum Gasteiger partial charge on any atom is 0.274 e. The number of rotatable bonds is 7. The topological polar surface area (TPSA) is 90.3 Å². The molecule has 0 spiro atoms. The van der Waals surface area contributed by atoms with Gasteiger partial charge in [0, 0.05) is 5.69 Å². The Morgan fingerprint density at radius 1 is 1.10 bits per heavy atom. The molecular weight excluding hydrogens is 413 g/mol. The zero-order valence-electron chi connectivity index (χ0n) is 15.1. The molecule has 0 aliphatic carbocycles. The third-order valence-electron chi connectivity index (χ3n) is 3.97. The van der Waals surface area contributed by atoms with Crippen molar-refractivity contribution < 1.29 is 17.6 Å². The van der Waals surface area contributed by atoms with E-state index in [9.17, 15) is 17.6 Å². The predicted molar refractivity (Wildman–Crippen MR) is 110 cm³/mol. The third kappa shape index (κ3) is 4.80. The highest BCUT2D eigenvalue weighted by molar-refractivity contribution is 7.94. The molecule has 148 valence electrons. The van der Waals surface area contributed by atoms with Gasteiger partial charge in [-0.3, -0.25) is 9.10 Å². The van der Waals surface area contributed by atoms with Gasteiger partial charge >= 0.3 is 0 Å². The van der Waals surface area contributed by atoms with Gasteiger partial charge < -0.3 is 5.32 Å². The standard InChI is InChI=1S/C20H16FN3O3S2/c21-17-4-1-2-5-18(17)24(29(26,27)20-6-3-13-28-20)14-19(25)23-16-9-7-15(8-10-16)11-12-22/h1-10,13H,11,14H2,(H,23,25). The number of benzene rings is 2. The molecule has 0 fully saturated rings. The van der Waals surface area contributed by atoms with Crippen molar-refractivity contribution in [1.29, 1.82) is 5.26 Å². The number of nitriles is 1. The number of anilines is 2. The minimum Gasteiger partial charge on any atom is -0.325 e. The van der Waals surface area contributed by atoms with Crippen LogP contribution in [-0.4, -0.2) is 20.9 Å². The Hall–Kier alpha value is -3.22. The maximum absolute atomic E-state index is 14.3. The smallest absolute Gasteiger partial charge is 0.274 e. The first-order valence-corrected chi connectivity index (χ1v) is 10.8. The molecule has 9 heteroatoms. The van der Waals surface area contributed by atoms with E-state index < -0.39 is 28.3 Å². The van der Waals surface area contributed by atoms with Gasteiger partial charge in [-0.1, -0.05) is 30.3 Å². The van der Waals surface area contributed by atoms with Crippen LogP contribution < -0.4 is 9.62 Å². The van der Waals surface area contributed by atoms with Crippen molar-refractivity contribution >= 4 is 38.6 Å². The van der Waals surface area contributed by atoms with Gasteiger partial charge in [0.15, 0.2) is 0 Å². The van der Waals surface area contributed by atoms with E-state index in [1.807, 2.05) is 6.07 Å². The van der Waals surface area contributed by atoms with Crippen LogP contribution >= 0.6 is 11.3 Å². The Labute approximate surface area is 171 Å². The molecule has 0 saturated carbocycles. The van der Waals surface area contributed by atoms with Gasteiger partial charge in [-0.05, 0) is 41.3 Å². The fourth-order valence-corrected chi connectivity index (χ4v) is 5.13. The van der Waals surface area contributed by atoms with Crippen LogP contribution in [0.5, 0.6) is 0 Å². The summed E-state index contributed by atoms with van der Waals surface area (Å²) in [5.74, 6) is -1.37. The van der Waals surface area contributed by atoms with Gasteiger partial charge in [0.25, 0.3) is 10.0 Å². The van der Waals surface area contributed by atoms with Crippen molar-refractivity contribution in [3.05, 3.63) is 77.4 Å². The van der Waals surface area contributed by atoms with Crippen LogP contribution in [0, 0.1) is 17.1 Å². The van der Waals surface area contributed by atoms with E-state index in [0.717, 1.165) is 27.3 Å². The predicted octanol–water partition coefficient (Wildman–Crippen LogP) is 3.79. The molecule has 1 N–H and O–H groups in total. The number of hydrogen-bond acceptors (Lipinski definition) is 5. The fourth-order valence-electron chi connectivity index (χ4n) is 2.60. The number of carbonyl (C=O) groups excluding carboxylic acids is 1. The Kier molecular flexibility index (Phi) is 6.26. The highest BCUT2D eigenvalue weighted by Crippen LogP contribution is 2.28. The molecule has 0 radical (unpaired) electrons. The number of nitrogens with one attached hydrogen (secondary N) is 1. The maximum atomic E-state index is 14.3. The molecule has 29 heavy (non-hydrogen) atoms. The monoisotopic (exact) mass is 429 g/mol. The lowest BCUT2D eigenvalue weighted by molar-refractivity contribution is -0.114. The minimum atomic E-state index is -4.12. The molecule has 2 aromatic carbocycles. The first-order chi connectivity index (χ1) is 13.9. The number of carbonyl (C=O) groups is 1. The summed E-state index contributed by atoms with van der Waals surface area (Å²) in [4.78, 5) is 12.5. The van der Waals surface area contributed by atoms with Gasteiger partial charge in [-0.25, -0.2) is 12.8 Å². The van der Waals surface area contributed by atoms with Gasteiger partial charge in [0.05, 0.1) is 18.2 Å². The third-order valence-corrected chi connectivity index (χ3v) is 7.10. The summed E-state index contributed by atoms with van der Waals surface area (Å²) in [6, 6.07) is 17.0. The van der Waals surface area contributed by atoms with Crippen LogP contribution in [-0.2, 0) is 21.2 Å². The quantitative estimate of drug-likeness (QED) is 0.619. The van der Waals surface area contributed by atoms with Crippen LogP contribution in [0.4, 0.5) is 15.8 Å². The lowest BCUT2D eigenvalue weighted by Gasteiger charge is -2.23. The summed E-state index contributed by atoms with van der Waals surface area (Å²) < 4.78 is 41.1. The molecule has 3 rings (SSSR count). The van der Waals surface area contributed by atoms with E-state index >= 15 is 0 Å². The summed E-state index contributed by atoms with van der Waals surface area (Å²) in [7, 11) is -4.12. The number of para-hydroxylation sites is 1. The van der Waals surface area contributed by atoms with Crippen molar-refractivity contribution in [2.45, 2.75) is 10.6 Å². The number of hydrogen-bond donors (Lipinski definition) is 1. The number of amides is 1. The molecule has 3 aromatic rings. The summed E-state index contributed by atoms with van der Waals surface area (Å²) in [5.41, 5.74) is 1.03. The normalized spacial score (nSPS) is 10.9. The summed E-state index contributed by atoms with van der Waals surface area (Å²) in [6.45, 7) is -0.596. The molecule has 1 aromatic heterocycles. The van der Waals surface area contributed by atoms with E-state index in [1.165, 1.54) is 24.3 Å². The zero-order chi connectivity index (χ0) is 20.9. The van der Waals surface area contributed by atoms with E-state index in [4.69, 9.17) is 5.26 Å². The Balaban J connectivity index is 1.86. The second-order valence-corrected chi connectivity index (χ2v) is 9.01. The van der Waals surface area contributed by atoms with Gasteiger partial charge in [0.2, 0.25) is 5.91 Å². The molecule has 0 aliphatic heterocycles. The van der Waals surface area contributed by atoms with Gasteiger partial charge in [-0.2, -0.15) is 5.26 Å². The van der Waals surface area contributed by atoms with Crippen molar-refractivity contribution in [3.8, 4) is 6.07 Å². The lowest BCUT2D eigenvalue weighted by Crippen LogP contribution is -2.38. The second-order valence-electron chi connectivity index (χ2n) is 5.98. The van der Waals surface area contributed by atoms with Crippen molar-refractivity contribution in [3.63, 3.8) is 0 Å². The van der Waals surface area contributed by atoms with Gasteiger partial charge in [-0.15, -0.1) is 11.3 Å². The van der Waals surface area contributed by atoms with Crippen LogP contribution in [0.15, 0.2) is 70.3 Å². The van der Waals surface area contributed by atoms with Crippen LogP contribution in [0.2, 0.25) is 0 Å².